The molecule has 0 bridgehead atoms. The molecule has 0 spiro atoms. The Balaban J connectivity index is 1.96. The molecule has 0 saturated heterocycles. The maximum Gasteiger partial charge on any atom is 0.210 e. The van der Waals surface area contributed by atoms with Gasteiger partial charge in [0, 0.05) is 17.2 Å². The van der Waals surface area contributed by atoms with Crippen LogP contribution in [0.4, 0.5) is 0 Å². The first kappa shape index (κ1) is 15.6. The summed E-state index contributed by atoms with van der Waals surface area (Å²) in [6.07, 6.45) is -1.02. The van der Waals surface area contributed by atoms with Crippen LogP contribution in [0.2, 0.25) is 0 Å². The molecule has 3 N–H and O–H groups in total. The predicted octanol–water partition coefficient (Wildman–Crippen LogP) is 1.64. The van der Waals surface area contributed by atoms with Crippen LogP contribution in [0, 0.1) is 6.92 Å². The third-order valence-electron chi connectivity index (χ3n) is 4.78. The molecule has 7 nitrogen and oxygen atoms in total. The van der Waals surface area contributed by atoms with Gasteiger partial charge in [-0.1, -0.05) is 12.1 Å². The largest absolute Gasteiger partial charge is 0.507 e. The SMILES string of the molecule is COc1cc2c(c(O)c1C)C(=O)[C@]1(O)c3cccc(O)c3OC[C@@H]1O2. The summed E-state index contributed by atoms with van der Waals surface area (Å²) in [4.78, 5) is 13.2. The minimum atomic E-state index is -2.07. The zero-order chi connectivity index (χ0) is 17.9. The standard InChI is InChI=1S/C18H16O7/c1-8-11(23-2)6-12-14(15(8)20)17(21)18(22)9-4-3-5-10(19)16(9)24-7-13(18)25-12/h3-6,13,19-20,22H,7H2,1-2H3/t13-,18-/m0/s1. The van der Waals surface area contributed by atoms with Crippen LogP contribution >= 0.6 is 0 Å². The van der Waals surface area contributed by atoms with E-state index in [1.807, 2.05) is 0 Å². The number of aromatic hydroxyl groups is 2. The van der Waals surface area contributed by atoms with E-state index >= 15 is 0 Å². The Hall–Kier alpha value is -2.93. The van der Waals surface area contributed by atoms with Gasteiger partial charge < -0.3 is 29.5 Å². The molecule has 0 unspecified atom stereocenters. The Bertz CT molecular complexity index is 905. The number of phenolic OH excluding ortho intramolecular Hbond substituents is 2. The van der Waals surface area contributed by atoms with E-state index in [-0.39, 0.29) is 40.7 Å². The minimum Gasteiger partial charge on any atom is -0.507 e. The maximum absolute atomic E-state index is 13.2. The zero-order valence-electron chi connectivity index (χ0n) is 13.6. The number of rotatable bonds is 1. The van der Waals surface area contributed by atoms with Crippen molar-refractivity contribution < 1.29 is 34.3 Å². The van der Waals surface area contributed by atoms with Gasteiger partial charge in [-0.2, -0.15) is 0 Å². The first-order valence-corrected chi connectivity index (χ1v) is 7.69. The highest BCUT2D eigenvalue weighted by Gasteiger charge is 2.57. The number of para-hydroxylation sites is 1. The molecule has 4 rings (SSSR count). The maximum atomic E-state index is 13.2. The highest BCUT2D eigenvalue weighted by molar-refractivity contribution is 6.09. The molecule has 0 saturated carbocycles. The molecule has 130 valence electrons. The summed E-state index contributed by atoms with van der Waals surface area (Å²) >= 11 is 0. The van der Waals surface area contributed by atoms with Crippen molar-refractivity contribution in [3.8, 4) is 28.7 Å². The molecule has 2 aliphatic heterocycles. The van der Waals surface area contributed by atoms with E-state index in [9.17, 15) is 20.1 Å². The molecule has 2 heterocycles. The minimum absolute atomic E-state index is 0.0337. The van der Waals surface area contributed by atoms with Crippen LogP contribution < -0.4 is 14.2 Å². The number of ketones is 1. The van der Waals surface area contributed by atoms with Crippen molar-refractivity contribution in [2.24, 2.45) is 0 Å². The second-order valence-corrected chi connectivity index (χ2v) is 6.09. The lowest BCUT2D eigenvalue weighted by Gasteiger charge is -2.43. The lowest BCUT2D eigenvalue weighted by atomic mass is 9.77. The Labute approximate surface area is 143 Å². The average molecular weight is 344 g/mol. The number of phenols is 2. The Morgan fingerprint density at radius 2 is 2.08 bits per heavy atom. The molecule has 0 radical (unpaired) electrons. The van der Waals surface area contributed by atoms with E-state index in [0.717, 1.165) is 0 Å². The van der Waals surface area contributed by atoms with E-state index in [1.54, 1.807) is 6.92 Å². The normalized spacial score (nSPS) is 23.6. The number of hydrogen-bond donors (Lipinski definition) is 3. The van der Waals surface area contributed by atoms with Gasteiger partial charge in [-0.15, -0.1) is 0 Å². The van der Waals surface area contributed by atoms with Crippen LogP contribution in [0.25, 0.3) is 0 Å². The van der Waals surface area contributed by atoms with Gasteiger partial charge in [-0.25, -0.2) is 0 Å². The van der Waals surface area contributed by atoms with E-state index < -0.39 is 17.5 Å². The van der Waals surface area contributed by atoms with E-state index in [2.05, 4.69) is 0 Å². The molecule has 2 aliphatic rings. The smallest absolute Gasteiger partial charge is 0.210 e. The third kappa shape index (κ3) is 1.87. The van der Waals surface area contributed by atoms with E-state index in [0.29, 0.717) is 11.3 Å². The fraction of sp³-hybridized carbons (Fsp3) is 0.278. The number of benzene rings is 2. The molecule has 0 aliphatic carbocycles. The first-order chi connectivity index (χ1) is 11.9. The molecular formula is C18H16O7. The van der Waals surface area contributed by atoms with Crippen molar-refractivity contribution in [2.75, 3.05) is 13.7 Å². The van der Waals surface area contributed by atoms with Gasteiger partial charge in [0.05, 0.1) is 7.11 Å². The fourth-order valence-electron chi connectivity index (χ4n) is 3.41. The van der Waals surface area contributed by atoms with E-state index in [1.165, 1.54) is 31.4 Å². The molecular weight excluding hydrogens is 328 g/mol. The highest BCUT2D eigenvalue weighted by atomic mass is 16.6. The number of ether oxygens (including phenoxy) is 3. The second-order valence-electron chi connectivity index (χ2n) is 6.09. The summed E-state index contributed by atoms with van der Waals surface area (Å²) < 4.78 is 16.4. The number of hydrogen-bond acceptors (Lipinski definition) is 7. The summed E-state index contributed by atoms with van der Waals surface area (Å²) in [6, 6.07) is 5.89. The molecule has 0 amide bonds. The molecule has 2 atom stereocenters. The number of aliphatic hydroxyl groups is 1. The van der Waals surface area contributed by atoms with Crippen molar-refractivity contribution >= 4 is 5.78 Å². The molecule has 0 fully saturated rings. The van der Waals surface area contributed by atoms with E-state index in [4.69, 9.17) is 14.2 Å². The van der Waals surface area contributed by atoms with Crippen molar-refractivity contribution in [1.82, 2.24) is 0 Å². The van der Waals surface area contributed by atoms with Gasteiger partial charge in [0.2, 0.25) is 5.78 Å². The Morgan fingerprint density at radius 3 is 2.80 bits per heavy atom. The van der Waals surface area contributed by atoms with Crippen LogP contribution in [0.5, 0.6) is 28.7 Å². The molecule has 7 heteroatoms. The van der Waals surface area contributed by atoms with Crippen LogP contribution in [0.1, 0.15) is 21.5 Å². The van der Waals surface area contributed by atoms with Crippen LogP contribution in [0.3, 0.4) is 0 Å². The molecule has 0 aromatic heterocycles. The third-order valence-corrected chi connectivity index (χ3v) is 4.78. The predicted molar refractivity (Wildman–Crippen MR) is 85.6 cm³/mol. The zero-order valence-corrected chi connectivity index (χ0v) is 13.6. The summed E-state index contributed by atoms with van der Waals surface area (Å²) in [5.41, 5.74) is -1.72. The summed E-state index contributed by atoms with van der Waals surface area (Å²) in [5.74, 6) is -0.683. The number of methoxy groups -OCH3 is 1. The van der Waals surface area contributed by atoms with Crippen LogP contribution in [-0.2, 0) is 5.60 Å². The lowest BCUT2D eigenvalue weighted by Crippen LogP contribution is -2.57. The molecule has 2 aromatic carbocycles. The van der Waals surface area contributed by atoms with Gasteiger partial charge in [0.1, 0.15) is 29.4 Å². The molecule has 2 aromatic rings. The Kier molecular flexibility index (Phi) is 3.14. The van der Waals surface area contributed by atoms with Crippen molar-refractivity contribution in [1.29, 1.82) is 0 Å². The van der Waals surface area contributed by atoms with Crippen molar-refractivity contribution in [2.45, 2.75) is 18.6 Å². The van der Waals surface area contributed by atoms with Gasteiger partial charge >= 0.3 is 0 Å². The van der Waals surface area contributed by atoms with Gasteiger partial charge in [0.25, 0.3) is 0 Å². The second kappa shape index (κ2) is 5.03. The quantitative estimate of drug-likeness (QED) is 0.722. The number of carbonyl (C=O) groups excluding carboxylic acids is 1. The average Bonchev–Trinajstić information content (AvgIpc) is 2.60. The Morgan fingerprint density at radius 1 is 1.32 bits per heavy atom. The highest BCUT2D eigenvalue weighted by Crippen LogP contribution is 2.51. The summed E-state index contributed by atoms with van der Waals surface area (Å²) in [7, 11) is 1.44. The van der Waals surface area contributed by atoms with Crippen LogP contribution in [0.15, 0.2) is 24.3 Å². The summed E-state index contributed by atoms with van der Waals surface area (Å²) in [5, 5.41) is 31.6. The fourth-order valence-corrected chi connectivity index (χ4v) is 3.41. The van der Waals surface area contributed by atoms with Gasteiger partial charge in [-0.3, -0.25) is 4.79 Å². The first-order valence-electron chi connectivity index (χ1n) is 7.69. The number of Topliss-reactive ketones (excluding diaryl/α,β-unsaturated/α-hetero) is 1. The van der Waals surface area contributed by atoms with Gasteiger partial charge in [-0.05, 0) is 13.0 Å². The number of fused-ring (bicyclic) bond motifs is 4. The molecule has 25 heavy (non-hydrogen) atoms. The lowest BCUT2D eigenvalue weighted by molar-refractivity contribution is -0.0806. The number of carbonyl (C=O) groups is 1. The topological polar surface area (TPSA) is 105 Å². The van der Waals surface area contributed by atoms with Crippen LogP contribution in [-0.4, -0.2) is 40.9 Å². The van der Waals surface area contributed by atoms with Crippen molar-refractivity contribution in [3.63, 3.8) is 0 Å². The van der Waals surface area contributed by atoms with Crippen molar-refractivity contribution in [3.05, 3.63) is 41.0 Å². The van der Waals surface area contributed by atoms with Gasteiger partial charge in [0.15, 0.2) is 23.2 Å². The summed E-state index contributed by atoms with van der Waals surface area (Å²) in [6.45, 7) is 1.46. The monoisotopic (exact) mass is 344 g/mol.